The lowest BCUT2D eigenvalue weighted by Crippen LogP contribution is -2.32. The number of benzene rings is 1. The van der Waals surface area contributed by atoms with Gasteiger partial charge in [0.25, 0.3) is 11.1 Å². The number of pyridine rings is 1. The van der Waals surface area contributed by atoms with Crippen molar-refractivity contribution in [2.45, 2.75) is 13.8 Å². The summed E-state index contributed by atoms with van der Waals surface area (Å²) < 4.78 is 20.5. The van der Waals surface area contributed by atoms with Crippen molar-refractivity contribution in [2.24, 2.45) is 0 Å². The van der Waals surface area contributed by atoms with E-state index in [2.05, 4.69) is 9.55 Å². The smallest absolute Gasteiger partial charge is 0.293 e. The molecule has 0 saturated carbocycles. The number of hydrogen-bond acceptors (Lipinski definition) is 5. The topological polar surface area (TPSA) is 64.4 Å². The number of aryl methyl sites for hydroxylation is 1. The largest absolute Gasteiger partial charge is 0.492 e. The number of carbonyl (C=O) groups excluding carboxylic acids is 2. The Morgan fingerprint density at radius 1 is 1.16 bits per heavy atom. The van der Waals surface area contributed by atoms with E-state index in [1.165, 1.54) is 29.2 Å². The summed E-state index contributed by atoms with van der Waals surface area (Å²) in [4.78, 5) is 30.8. The zero-order valence-electron chi connectivity index (χ0n) is 17.0. The Labute approximate surface area is 183 Å². The van der Waals surface area contributed by atoms with Gasteiger partial charge in [-0.2, -0.15) is 0 Å². The third-order valence-corrected chi connectivity index (χ3v) is 5.84. The molecule has 2 aromatic heterocycles. The molecular formula is C23H20FN3O3S. The second-order valence-electron chi connectivity index (χ2n) is 7.01. The van der Waals surface area contributed by atoms with Crippen LogP contribution >= 0.6 is 11.8 Å². The van der Waals surface area contributed by atoms with Crippen LogP contribution in [0, 0.1) is 19.7 Å². The summed E-state index contributed by atoms with van der Waals surface area (Å²) in [5.74, 6) is -0.220. The predicted molar refractivity (Wildman–Crippen MR) is 118 cm³/mol. The van der Waals surface area contributed by atoms with E-state index in [1.54, 1.807) is 18.5 Å². The van der Waals surface area contributed by atoms with Crippen LogP contribution in [-0.4, -0.2) is 38.7 Å². The molecule has 1 saturated heterocycles. The standard InChI is InChI=1S/C23H20FN3O3S/c1-15-12-17(16(2)27(15)19-4-3-9-25-14-19)13-21-22(28)26(23(29)31-21)10-11-30-20-7-5-18(24)6-8-20/h3-9,12-14H,10-11H2,1-2H3. The third-order valence-electron chi connectivity index (χ3n) is 4.93. The van der Waals surface area contributed by atoms with Crippen LogP contribution < -0.4 is 4.74 Å². The normalized spacial score (nSPS) is 15.2. The molecule has 4 rings (SSSR count). The molecule has 0 bridgehead atoms. The van der Waals surface area contributed by atoms with Crippen LogP contribution in [0.5, 0.6) is 5.75 Å². The van der Waals surface area contributed by atoms with Crippen molar-refractivity contribution in [3.05, 3.63) is 82.5 Å². The van der Waals surface area contributed by atoms with Crippen LogP contribution in [-0.2, 0) is 4.79 Å². The molecule has 1 aromatic carbocycles. The van der Waals surface area contributed by atoms with Crippen LogP contribution in [0.2, 0.25) is 0 Å². The Hall–Kier alpha value is -3.39. The number of carbonyl (C=O) groups is 2. The van der Waals surface area contributed by atoms with Crippen LogP contribution in [0.15, 0.2) is 59.8 Å². The van der Waals surface area contributed by atoms with Gasteiger partial charge in [0, 0.05) is 17.6 Å². The van der Waals surface area contributed by atoms with Crippen molar-refractivity contribution >= 4 is 29.0 Å². The van der Waals surface area contributed by atoms with Gasteiger partial charge < -0.3 is 9.30 Å². The van der Waals surface area contributed by atoms with Gasteiger partial charge in [-0.1, -0.05) is 0 Å². The minimum Gasteiger partial charge on any atom is -0.492 e. The predicted octanol–water partition coefficient (Wildman–Crippen LogP) is 4.74. The van der Waals surface area contributed by atoms with Gasteiger partial charge in [-0.25, -0.2) is 4.39 Å². The van der Waals surface area contributed by atoms with E-state index in [0.29, 0.717) is 10.7 Å². The number of imide groups is 1. The Bertz CT molecular complexity index is 1160. The number of rotatable bonds is 6. The molecule has 2 amide bonds. The molecule has 0 spiro atoms. The number of thioether (sulfide) groups is 1. The number of ether oxygens (including phenoxy) is 1. The molecule has 158 valence electrons. The van der Waals surface area contributed by atoms with Crippen molar-refractivity contribution < 1.29 is 18.7 Å². The van der Waals surface area contributed by atoms with Crippen molar-refractivity contribution in [2.75, 3.05) is 13.2 Å². The summed E-state index contributed by atoms with van der Waals surface area (Å²) in [6.45, 7) is 4.20. The maximum absolute atomic E-state index is 13.0. The molecule has 0 aliphatic carbocycles. The van der Waals surface area contributed by atoms with E-state index in [-0.39, 0.29) is 30.1 Å². The van der Waals surface area contributed by atoms with Gasteiger partial charge in [0.2, 0.25) is 0 Å². The quantitative estimate of drug-likeness (QED) is 0.521. The number of amides is 2. The monoisotopic (exact) mass is 437 g/mol. The van der Waals surface area contributed by atoms with Gasteiger partial charge in [0.1, 0.15) is 18.2 Å². The van der Waals surface area contributed by atoms with E-state index >= 15 is 0 Å². The summed E-state index contributed by atoms with van der Waals surface area (Å²) in [5, 5.41) is -0.333. The number of aromatic nitrogens is 2. The minimum absolute atomic E-state index is 0.119. The first-order chi connectivity index (χ1) is 14.9. The molecule has 0 radical (unpaired) electrons. The maximum Gasteiger partial charge on any atom is 0.293 e. The van der Waals surface area contributed by atoms with E-state index < -0.39 is 0 Å². The average molecular weight is 437 g/mol. The fourth-order valence-corrected chi connectivity index (χ4v) is 4.29. The van der Waals surface area contributed by atoms with E-state index in [1.807, 2.05) is 32.0 Å². The molecule has 0 N–H and O–H groups in total. The summed E-state index contributed by atoms with van der Waals surface area (Å²) in [6, 6.07) is 11.4. The average Bonchev–Trinajstić information content (AvgIpc) is 3.19. The molecule has 3 aromatic rings. The van der Waals surface area contributed by atoms with E-state index in [0.717, 1.165) is 34.4 Å². The number of halogens is 1. The summed E-state index contributed by atoms with van der Waals surface area (Å²) in [5.41, 5.74) is 3.76. The van der Waals surface area contributed by atoms with Crippen molar-refractivity contribution in [3.63, 3.8) is 0 Å². The molecule has 31 heavy (non-hydrogen) atoms. The second kappa shape index (κ2) is 8.77. The van der Waals surface area contributed by atoms with Crippen LogP contribution in [0.3, 0.4) is 0 Å². The number of nitrogens with zero attached hydrogens (tertiary/aromatic N) is 3. The molecule has 6 nitrogen and oxygen atoms in total. The first-order valence-corrected chi connectivity index (χ1v) is 10.5. The highest BCUT2D eigenvalue weighted by molar-refractivity contribution is 8.18. The fourth-order valence-electron chi connectivity index (χ4n) is 3.44. The Morgan fingerprint density at radius 3 is 2.65 bits per heavy atom. The highest BCUT2D eigenvalue weighted by Crippen LogP contribution is 2.33. The Balaban J connectivity index is 1.48. The number of hydrogen-bond donors (Lipinski definition) is 0. The van der Waals surface area contributed by atoms with Crippen molar-refractivity contribution in [1.29, 1.82) is 0 Å². The van der Waals surface area contributed by atoms with Gasteiger partial charge in [-0.05, 0) is 79.7 Å². The zero-order chi connectivity index (χ0) is 22.0. The SMILES string of the molecule is Cc1cc(C=C2SC(=O)N(CCOc3ccc(F)cc3)C2=O)c(C)n1-c1cccnc1. The highest BCUT2D eigenvalue weighted by Gasteiger charge is 2.35. The second-order valence-corrected chi connectivity index (χ2v) is 8.00. The lowest BCUT2D eigenvalue weighted by Gasteiger charge is -2.13. The van der Waals surface area contributed by atoms with Crippen LogP contribution in [0.4, 0.5) is 9.18 Å². The molecule has 1 fully saturated rings. The van der Waals surface area contributed by atoms with Crippen molar-refractivity contribution in [3.8, 4) is 11.4 Å². The lowest BCUT2D eigenvalue weighted by atomic mass is 10.2. The summed E-state index contributed by atoms with van der Waals surface area (Å²) in [7, 11) is 0. The molecule has 0 unspecified atom stereocenters. The Kier molecular flexibility index (Phi) is 5.90. The first kappa shape index (κ1) is 20.9. The van der Waals surface area contributed by atoms with Gasteiger partial charge in [0.05, 0.1) is 23.3 Å². The minimum atomic E-state index is -0.355. The van der Waals surface area contributed by atoms with Crippen molar-refractivity contribution in [1.82, 2.24) is 14.5 Å². The lowest BCUT2D eigenvalue weighted by molar-refractivity contribution is -0.123. The third kappa shape index (κ3) is 4.39. The zero-order valence-corrected chi connectivity index (χ0v) is 17.9. The van der Waals surface area contributed by atoms with E-state index in [4.69, 9.17) is 4.74 Å². The molecule has 1 aliphatic heterocycles. The summed E-state index contributed by atoms with van der Waals surface area (Å²) in [6.07, 6.45) is 5.24. The molecule has 8 heteroatoms. The highest BCUT2D eigenvalue weighted by atomic mass is 32.2. The van der Waals surface area contributed by atoms with Crippen LogP contribution in [0.25, 0.3) is 11.8 Å². The van der Waals surface area contributed by atoms with Gasteiger partial charge in [-0.3, -0.25) is 19.5 Å². The van der Waals surface area contributed by atoms with Crippen LogP contribution in [0.1, 0.15) is 17.0 Å². The fraction of sp³-hybridized carbons (Fsp3) is 0.174. The molecule has 0 atom stereocenters. The Morgan fingerprint density at radius 2 is 1.94 bits per heavy atom. The van der Waals surface area contributed by atoms with Gasteiger partial charge in [0.15, 0.2) is 0 Å². The maximum atomic E-state index is 13.0. The summed E-state index contributed by atoms with van der Waals surface area (Å²) >= 11 is 0.916. The van der Waals surface area contributed by atoms with E-state index in [9.17, 15) is 14.0 Å². The van der Waals surface area contributed by atoms with Gasteiger partial charge >= 0.3 is 0 Å². The molecule has 1 aliphatic rings. The molecule has 3 heterocycles. The first-order valence-electron chi connectivity index (χ1n) is 9.67. The van der Waals surface area contributed by atoms with Gasteiger partial charge in [-0.15, -0.1) is 0 Å². The molecular weight excluding hydrogens is 417 g/mol.